The Balaban J connectivity index is 0.000000185. The van der Waals surface area contributed by atoms with E-state index in [9.17, 15) is 13.2 Å². The molecule has 8 heteroatoms. The summed E-state index contributed by atoms with van der Waals surface area (Å²) in [6, 6.07) is 5.37. The van der Waals surface area contributed by atoms with Crippen molar-refractivity contribution in [3.63, 3.8) is 0 Å². The lowest BCUT2D eigenvalue weighted by atomic mass is 10.3. The molecular formula is C9H7F3N2O3. The summed E-state index contributed by atoms with van der Waals surface area (Å²) in [5, 5.41) is 7.12. The van der Waals surface area contributed by atoms with Gasteiger partial charge in [-0.25, -0.2) is 9.78 Å². The molecule has 17 heavy (non-hydrogen) atoms. The molecule has 0 radical (unpaired) electrons. The number of nitrogens with two attached hydrogens (primary N) is 1. The summed E-state index contributed by atoms with van der Waals surface area (Å²) >= 11 is 0. The van der Waals surface area contributed by atoms with Crippen LogP contribution in [0.4, 0.5) is 18.9 Å². The molecule has 0 fully saturated rings. The SMILES string of the molecule is Nc1ccc2ocnc2c1.O=C(O)C(F)(F)F. The maximum absolute atomic E-state index is 10.6. The summed E-state index contributed by atoms with van der Waals surface area (Å²) in [5.74, 6) is -2.76. The monoisotopic (exact) mass is 248 g/mol. The van der Waals surface area contributed by atoms with Crippen molar-refractivity contribution in [3.8, 4) is 0 Å². The number of nitrogens with zero attached hydrogens (tertiary/aromatic N) is 1. The zero-order chi connectivity index (χ0) is 13.1. The first-order valence-corrected chi connectivity index (χ1v) is 4.19. The third-order valence-electron chi connectivity index (χ3n) is 1.60. The van der Waals surface area contributed by atoms with Gasteiger partial charge in [0.15, 0.2) is 12.0 Å². The number of halogens is 3. The second-order valence-corrected chi connectivity index (χ2v) is 2.88. The van der Waals surface area contributed by atoms with Gasteiger partial charge in [-0.05, 0) is 18.2 Å². The Kier molecular flexibility index (Phi) is 3.56. The number of benzene rings is 1. The van der Waals surface area contributed by atoms with Crippen molar-refractivity contribution in [1.29, 1.82) is 0 Å². The minimum Gasteiger partial charge on any atom is -0.475 e. The number of aromatic nitrogens is 1. The molecule has 0 atom stereocenters. The predicted molar refractivity (Wildman–Crippen MR) is 52.1 cm³/mol. The highest BCUT2D eigenvalue weighted by Gasteiger charge is 2.38. The normalized spacial score (nSPS) is 10.8. The fraction of sp³-hybridized carbons (Fsp3) is 0.111. The van der Waals surface area contributed by atoms with E-state index < -0.39 is 12.1 Å². The van der Waals surface area contributed by atoms with Crippen molar-refractivity contribution < 1.29 is 27.5 Å². The molecule has 0 saturated carbocycles. The summed E-state index contributed by atoms with van der Waals surface area (Å²) in [6.45, 7) is 0. The minimum atomic E-state index is -5.08. The van der Waals surface area contributed by atoms with E-state index in [1.807, 2.05) is 0 Å². The van der Waals surface area contributed by atoms with E-state index in [1.165, 1.54) is 6.39 Å². The number of aliphatic carboxylic acids is 1. The van der Waals surface area contributed by atoms with Gasteiger partial charge in [-0.1, -0.05) is 0 Å². The van der Waals surface area contributed by atoms with Crippen LogP contribution in [0.3, 0.4) is 0 Å². The molecule has 2 aromatic rings. The highest BCUT2D eigenvalue weighted by molar-refractivity contribution is 5.76. The molecule has 92 valence electrons. The van der Waals surface area contributed by atoms with Crippen molar-refractivity contribution in [3.05, 3.63) is 24.6 Å². The molecule has 0 aliphatic heterocycles. The van der Waals surface area contributed by atoms with Crippen LogP contribution in [-0.2, 0) is 4.79 Å². The molecule has 1 heterocycles. The second kappa shape index (κ2) is 4.73. The first-order valence-electron chi connectivity index (χ1n) is 4.19. The van der Waals surface area contributed by atoms with Gasteiger partial charge in [0.25, 0.3) is 0 Å². The Morgan fingerprint density at radius 3 is 2.53 bits per heavy atom. The number of carboxylic acids is 1. The van der Waals surface area contributed by atoms with Gasteiger partial charge in [-0.3, -0.25) is 0 Å². The van der Waals surface area contributed by atoms with Crippen LogP contribution < -0.4 is 5.73 Å². The number of fused-ring (bicyclic) bond motifs is 1. The van der Waals surface area contributed by atoms with Crippen LogP contribution in [0.15, 0.2) is 29.0 Å². The summed E-state index contributed by atoms with van der Waals surface area (Å²) < 4.78 is 36.7. The summed E-state index contributed by atoms with van der Waals surface area (Å²) in [4.78, 5) is 12.8. The number of rotatable bonds is 0. The highest BCUT2D eigenvalue weighted by atomic mass is 19.4. The zero-order valence-corrected chi connectivity index (χ0v) is 8.23. The van der Waals surface area contributed by atoms with E-state index in [4.69, 9.17) is 20.1 Å². The van der Waals surface area contributed by atoms with E-state index >= 15 is 0 Å². The van der Waals surface area contributed by atoms with Crippen molar-refractivity contribution in [2.75, 3.05) is 5.73 Å². The molecule has 0 aliphatic carbocycles. The minimum absolute atomic E-state index is 0.710. The number of alkyl halides is 3. The molecule has 0 bridgehead atoms. The van der Waals surface area contributed by atoms with Crippen LogP contribution in [-0.4, -0.2) is 22.2 Å². The molecule has 0 unspecified atom stereocenters. The molecule has 1 aromatic carbocycles. The lowest BCUT2D eigenvalue weighted by Gasteiger charge is -1.93. The van der Waals surface area contributed by atoms with E-state index in [-0.39, 0.29) is 0 Å². The number of anilines is 1. The summed E-state index contributed by atoms with van der Waals surface area (Å²) in [7, 11) is 0. The predicted octanol–water partition coefficient (Wildman–Crippen LogP) is 2.04. The van der Waals surface area contributed by atoms with Crippen LogP contribution in [0.5, 0.6) is 0 Å². The van der Waals surface area contributed by atoms with Crippen molar-refractivity contribution in [1.82, 2.24) is 4.98 Å². The highest BCUT2D eigenvalue weighted by Crippen LogP contribution is 2.14. The smallest absolute Gasteiger partial charge is 0.475 e. The lowest BCUT2D eigenvalue weighted by Crippen LogP contribution is -2.21. The van der Waals surface area contributed by atoms with Gasteiger partial charge in [0, 0.05) is 5.69 Å². The van der Waals surface area contributed by atoms with Gasteiger partial charge in [-0.2, -0.15) is 13.2 Å². The summed E-state index contributed by atoms with van der Waals surface area (Å²) in [5.41, 5.74) is 7.79. The third-order valence-corrected chi connectivity index (χ3v) is 1.60. The fourth-order valence-corrected chi connectivity index (χ4v) is 0.875. The molecule has 1 aromatic heterocycles. The molecule has 0 aliphatic rings. The standard InChI is InChI=1S/C7H6N2O.C2HF3O2/c8-5-1-2-7-6(3-5)9-4-10-7;3-2(4,5)1(6)7/h1-4H,8H2;(H,6,7). The lowest BCUT2D eigenvalue weighted by molar-refractivity contribution is -0.192. The average Bonchev–Trinajstić information content (AvgIpc) is 2.63. The number of carboxylic acid groups (broad SMARTS) is 1. The van der Waals surface area contributed by atoms with Crippen LogP contribution >= 0.6 is 0 Å². The molecule has 5 nitrogen and oxygen atoms in total. The van der Waals surface area contributed by atoms with Crippen LogP contribution in [0.2, 0.25) is 0 Å². The van der Waals surface area contributed by atoms with Gasteiger partial charge < -0.3 is 15.3 Å². The molecule has 2 rings (SSSR count). The Morgan fingerprint density at radius 1 is 1.41 bits per heavy atom. The van der Waals surface area contributed by atoms with Gasteiger partial charge in [0.1, 0.15) is 5.52 Å². The Hall–Kier alpha value is -2.25. The van der Waals surface area contributed by atoms with E-state index in [2.05, 4.69) is 4.98 Å². The van der Waals surface area contributed by atoms with Gasteiger partial charge in [-0.15, -0.1) is 0 Å². The second-order valence-electron chi connectivity index (χ2n) is 2.88. The Morgan fingerprint density at radius 2 is 2.00 bits per heavy atom. The Bertz CT molecular complexity index is 521. The first kappa shape index (κ1) is 12.8. The van der Waals surface area contributed by atoms with Gasteiger partial charge in [0.2, 0.25) is 0 Å². The van der Waals surface area contributed by atoms with Crippen molar-refractivity contribution >= 4 is 22.8 Å². The third kappa shape index (κ3) is 3.67. The van der Waals surface area contributed by atoms with Gasteiger partial charge >= 0.3 is 12.1 Å². The maximum Gasteiger partial charge on any atom is 0.490 e. The van der Waals surface area contributed by atoms with Crippen molar-refractivity contribution in [2.24, 2.45) is 0 Å². The number of carbonyl (C=O) groups is 1. The van der Waals surface area contributed by atoms with E-state index in [0.717, 1.165) is 11.1 Å². The van der Waals surface area contributed by atoms with Crippen LogP contribution in [0, 0.1) is 0 Å². The topological polar surface area (TPSA) is 89.4 Å². The number of hydrogen-bond donors (Lipinski definition) is 2. The molecule has 0 amide bonds. The number of oxazole rings is 1. The quantitative estimate of drug-likeness (QED) is 0.696. The summed E-state index contributed by atoms with van der Waals surface area (Å²) in [6.07, 6.45) is -3.68. The van der Waals surface area contributed by atoms with Gasteiger partial charge in [0.05, 0.1) is 0 Å². The zero-order valence-electron chi connectivity index (χ0n) is 8.23. The molecule has 0 saturated heterocycles. The number of nitrogen functional groups attached to an aromatic ring is 1. The van der Waals surface area contributed by atoms with E-state index in [1.54, 1.807) is 18.2 Å². The van der Waals surface area contributed by atoms with Crippen molar-refractivity contribution in [2.45, 2.75) is 6.18 Å². The first-order chi connectivity index (χ1) is 7.80. The van der Waals surface area contributed by atoms with E-state index in [0.29, 0.717) is 5.69 Å². The van der Waals surface area contributed by atoms with Crippen LogP contribution in [0.25, 0.3) is 11.1 Å². The average molecular weight is 248 g/mol. The largest absolute Gasteiger partial charge is 0.490 e. The maximum atomic E-state index is 10.6. The molecule has 3 N–H and O–H groups in total. The molecule has 0 spiro atoms. The molecular weight excluding hydrogens is 241 g/mol. The van der Waals surface area contributed by atoms with Crippen LogP contribution in [0.1, 0.15) is 0 Å². The fourth-order valence-electron chi connectivity index (χ4n) is 0.875. The Labute approximate surface area is 92.7 Å². The number of hydrogen-bond acceptors (Lipinski definition) is 4.